The second kappa shape index (κ2) is 8.95. The molecule has 1 atom stereocenters. The van der Waals surface area contributed by atoms with Gasteiger partial charge in [-0.15, -0.1) is 11.3 Å². The minimum atomic E-state index is -0.592. The number of carbonyl (C=O) groups excluding carboxylic acids is 2. The average Bonchev–Trinajstić information content (AvgIpc) is 3.10. The van der Waals surface area contributed by atoms with Crippen molar-refractivity contribution in [2.75, 3.05) is 11.9 Å². The lowest BCUT2D eigenvalue weighted by Gasteiger charge is -2.35. The fraction of sp³-hybridized carbons (Fsp3) is 0.500. The molecule has 156 valence electrons. The van der Waals surface area contributed by atoms with Crippen LogP contribution in [0.4, 0.5) is 9.93 Å². The van der Waals surface area contributed by atoms with E-state index in [9.17, 15) is 9.59 Å². The van der Waals surface area contributed by atoms with E-state index in [0.717, 1.165) is 35.4 Å². The number of nitrogens with zero attached hydrogens (tertiary/aromatic N) is 2. The number of nitrogens with one attached hydrogen (secondary N) is 1. The van der Waals surface area contributed by atoms with Gasteiger partial charge in [-0.3, -0.25) is 9.69 Å². The Balaban J connectivity index is 1.76. The van der Waals surface area contributed by atoms with Gasteiger partial charge in [-0.05, 0) is 46.5 Å². The number of aromatic nitrogens is 1. The van der Waals surface area contributed by atoms with E-state index in [1.54, 1.807) is 4.90 Å². The molecule has 6 nitrogen and oxygen atoms in total. The van der Waals surface area contributed by atoms with Crippen LogP contribution in [0.2, 0.25) is 0 Å². The number of thiazole rings is 1. The number of rotatable bonds is 4. The van der Waals surface area contributed by atoms with Gasteiger partial charge in [0.15, 0.2) is 5.13 Å². The predicted molar refractivity (Wildman–Crippen MR) is 116 cm³/mol. The molecule has 0 spiro atoms. The van der Waals surface area contributed by atoms with E-state index in [0.29, 0.717) is 18.1 Å². The summed E-state index contributed by atoms with van der Waals surface area (Å²) in [5.74, 6) is -0.202. The van der Waals surface area contributed by atoms with Gasteiger partial charge in [-0.1, -0.05) is 37.3 Å². The van der Waals surface area contributed by atoms with Crippen LogP contribution in [0, 0.1) is 0 Å². The first-order valence-electron chi connectivity index (χ1n) is 10.1. The van der Waals surface area contributed by atoms with E-state index in [1.165, 1.54) is 11.3 Å². The monoisotopic (exact) mass is 415 g/mol. The van der Waals surface area contributed by atoms with Crippen molar-refractivity contribution in [3.05, 3.63) is 35.2 Å². The lowest BCUT2D eigenvalue weighted by molar-refractivity contribution is -0.122. The Morgan fingerprint density at radius 1 is 1.24 bits per heavy atom. The molecule has 1 aromatic carbocycles. The molecule has 1 aromatic heterocycles. The highest BCUT2D eigenvalue weighted by molar-refractivity contribution is 7.16. The van der Waals surface area contributed by atoms with Crippen LogP contribution in [-0.4, -0.2) is 40.1 Å². The number of piperidine rings is 1. The Hall–Kier alpha value is -2.41. The fourth-order valence-electron chi connectivity index (χ4n) is 3.40. The second-order valence-corrected chi connectivity index (χ2v) is 9.27. The molecule has 1 fully saturated rings. The van der Waals surface area contributed by atoms with E-state index in [4.69, 9.17) is 4.74 Å². The maximum absolute atomic E-state index is 13.0. The van der Waals surface area contributed by atoms with Gasteiger partial charge in [-0.2, -0.15) is 0 Å². The van der Waals surface area contributed by atoms with Gasteiger partial charge in [0.05, 0.1) is 5.69 Å². The number of benzene rings is 1. The van der Waals surface area contributed by atoms with Gasteiger partial charge in [0.1, 0.15) is 11.6 Å². The Morgan fingerprint density at radius 2 is 1.97 bits per heavy atom. The molecule has 0 bridgehead atoms. The zero-order valence-electron chi connectivity index (χ0n) is 17.5. The van der Waals surface area contributed by atoms with Gasteiger partial charge in [0.2, 0.25) is 5.91 Å². The first-order valence-corrected chi connectivity index (χ1v) is 11.0. The van der Waals surface area contributed by atoms with E-state index in [2.05, 4.69) is 17.2 Å². The summed E-state index contributed by atoms with van der Waals surface area (Å²) in [6, 6.07) is 9.43. The van der Waals surface area contributed by atoms with Crippen LogP contribution in [0.25, 0.3) is 11.3 Å². The van der Waals surface area contributed by atoms with Gasteiger partial charge in [0.25, 0.3) is 0 Å². The van der Waals surface area contributed by atoms with E-state index >= 15 is 0 Å². The van der Waals surface area contributed by atoms with Crippen LogP contribution in [0.15, 0.2) is 30.3 Å². The fourth-order valence-corrected chi connectivity index (χ4v) is 4.32. The van der Waals surface area contributed by atoms with Crippen molar-refractivity contribution in [3.63, 3.8) is 0 Å². The maximum Gasteiger partial charge on any atom is 0.410 e. The highest BCUT2D eigenvalue weighted by atomic mass is 32.1. The largest absolute Gasteiger partial charge is 0.444 e. The van der Waals surface area contributed by atoms with Crippen molar-refractivity contribution in [2.45, 2.75) is 65.0 Å². The molecule has 0 radical (unpaired) electrons. The van der Waals surface area contributed by atoms with Crippen LogP contribution in [0.3, 0.4) is 0 Å². The maximum atomic E-state index is 13.0. The smallest absolute Gasteiger partial charge is 0.410 e. The molecule has 1 unspecified atom stereocenters. The normalized spacial score (nSPS) is 17.1. The van der Waals surface area contributed by atoms with Crippen molar-refractivity contribution in [1.29, 1.82) is 0 Å². The molecular formula is C22H29N3O3S. The molecule has 2 heterocycles. The number of amides is 2. The third-order valence-electron chi connectivity index (χ3n) is 4.73. The van der Waals surface area contributed by atoms with Crippen molar-refractivity contribution in [1.82, 2.24) is 9.88 Å². The number of hydrogen-bond donors (Lipinski definition) is 1. The van der Waals surface area contributed by atoms with Crippen LogP contribution in [0.1, 0.15) is 51.8 Å². The van der Waals surface area contributed by atoms with Gasteiger partial charge >= 0.3 is 6.09 Å². The molecule has 3 rings (SSSR count). The summed E-state index contributed by atoms with van der Waals surface area (Å²) in [5.41, 5.74) is 1.35. The van der Waals surface area contributed by atoms with Gasteiger partial charge < -0.3 is 10.1 Å². The number of aryl methyl sites for hydroxylation is 1. The predicted octanol–water partition coefficient (Wildman–Crippen LogP) is 5.10. The summed E-state index contributed by atoms with van der Waals surface area (Å²) in [5, 5.41) is 3.51. The summed E-state index contributed by atoms with van der Waals surface area (Å²) >= 11 is 1.49. The number of hydrogen-bond acceptors (Lipinski definition) is 5. The first kappa shape index (κ1) is 21.3. The Labute approximate surface area is 176 Å². The molecule has 0 aliphatic carbocycles. The minimum absolute atomic E-state index is 0.202. The third-order valence-corrected chi connectivity index (χ3v) is 5.84. The minimum Gasteiger partial charge on any atom is -0.444 e. The summed E-state index contributed by atoms with van der Waals surface area (Å²) in [6.45, 7) is 8.10. The average molecular weight is 416 g/mol. The molecule has 1 saturated heterocycles. The van der Waals surface area contributed by atoms with E-state index in [1.807, 2.05) is 51.1 Å². The van der Waals surface area contributed by atoms with Crippen LogP contribution >= 0.6 is 11.3 Å². The first-order chi connectivity index (χ1) is 13.8. The lowest BCUT2D eigenvalue weighted by Crippen LogP contribution is -2.51. The topological polar surface area (TPSA) is 71.5 Å². The van der Waals surface area contributed by atoms with Crippen molar-refractivity contribution < 1.29 is 14.3 Å². The van der Waals surface area contributed by atoms with Crippen molar-refractivity contribution in [3.8, 4) is 11.3 Å². The van der Waals surface area contributed by atoms with E-state index < -0.39 is 17.7 Å². The number of anilines is 1. The molecule has 0 saturated carbocycles. The molecule has 2 amide bonds. The SMILES string of the molecule is CCc1sc(NC(=O)C2CCCCN2C(=O)OC(C)(C)C)nc1-c1ccccc1. The number of likely N-dealkylation sites (tertiary alicyclic amines) is 1. The Morgan fingerprint density at radius 3 is 2.62 bits per heavy atom. The molecule has 29 heavy (non-hydrogen) atoms. The van der Waals surface area contributed by atoms with Crippen LogP contribution < -0.4 is 5.32 Å². The van der Waals surface area contributed by atoms with Crippen molar-refractivity contribution in [2.24, 2.45) is 0 Å². The van der Waals surface area contributed by atoms with Crippen LogP contribution in [-0.2, 0) is 16.0 Å². The zero-order valence-corrected chi connectivity index (χ0v) is 18.3. The van der Waals surface area contributed by atoms with Crippen LogP contribution in [0.5, 0.6) is 0 Å². The van der Waals surface area contributed by atoms with Gasteiger partial charge in [0, 0.05) is 17.0 Å². The zero-order chi connectivity index (χ0) is 21.0. The number of carbonyl (C=O) groups is 2. The molecule has 1 aliphatic heterocycles. The quantitative estimate of drug-likeness (QED) is 0.754. The summed E-state index contributed by atoms with van der Waals surface area (Å²) in [7, 11) is 0. The molecule has 2 aromatic rings. The summed E-state index contributed by atoms with van der Waals surface area (Å²) < 4.78 is 5.50. The van der Waals surface area contributed by atoms with Gasteiger partial charge in [-0.25, -0.2) is 9.78 Å². The standard InChI is InChI=1S/C22H29N3O3S/c1-5-17-18(15-11-7-6-8-12-15)23-20(29-17)24-19(26)16-13-9-10-14-25(16)21(27)28-22(2,3)4/h6-8,11-12,16H,5,9-10,13-14H2,1-4H3,(H,23,24,26). The summed E-state index contributed by atoms with van der Waals surface area (Å²) in [6.07, 6.45) is 2.81. The van der Waals surface area contributed by atoms with E-state index in [-0.39, 0.29) is 5.91 Å². The second-order valence-electron chi connectivity index (χ2n) is 8.18. The van der Waals surface area contributed by atoms with Crippen molar-refractivity contribution >= 4 is 28.5 Å². The Kier molecular flexibility index (Phi) is 6.57. The number of ether oxygens (including phenoxy) is 1. The Bertz CT molecular complexity index is 858. The molecule has 1 aliphatic rings. The lowest BCUT2D eigenvalue weighted by atomic mass is 10.0. The highest BCUT2D eigenvalue weighted by Gasteiger charge is 2.35. The highest BCUT2D eigenvalue weighted by Crippen LogP contribution is 2.32. The molecule has 7 heteroatoms. The molecule has 1 N–H and O–H groups in total. The summed E-state index contributed by atoms with van der Waals surface area (Å²) in [4.78, 5) is 32.9. The molecular weight excluding hydrogens is 386 g/mol. The third kappa shape index (κ3) is 5.35.